The Morgan fingerprint density at radius 2 is 1.88 bits per heavy atom. The summed E-state index contributed by atoms with van der Waals surface area (Å²) in [5, 5.41) is 9.90. The first-order chi connectivity index (χ1) is 15.6. The number of hydrogen-bond acceptors (Lipinski definition) is 3. The lowest BCUT2D eigenvalue weighted by Gasteiger charge is -2.13. The highest BCUT2D eigenvalue weighted by atomic mass is 32.1. The van der Waals surface area contributed by atoms with Crippen LogP contribution in [0.2, 0.25) is 0 Å². The van der Waals surface area contributed by atoms with Crippen LogP contribution in [0.25, 0.3) is 21.3 Å². The molecule has 4 nitrogen and oxygen atoms in total. The van der Waals surface area contributed by atoms with Gasteiger partial charge in [0.25, 0.3) is 0 Å². The van der Waals surface area contributed by atoms with Crippen molar-refractivity contribution in [2.45, 2.75) is 32.4 Å². The summed E-state index contributed by atoms with van der Waals surface area (Å²) in [6.07, 6.45) is -2.72. The molecule has 0 aliphatic rings. The van der Waals surface area contributed by atoms with Gasteiger partial charge < -0.3 is 14.8 Å². The summed E-state index contributed by atoms with van der Waals surface area (Å²) < 4.78 is 44.5. The number of carboxylic acids is 1. The zero-order chi connectivity index (χ0) is 23.8. The van der Waals surface area contributed by atoms with Gasteiger partial charge >= 0.3 is 12.1 Å². The number of aliphatic carboxylic acids is 1. The number of alkyl halides is 3. The molecule has 8 heteroatoms. The molecule has 0 saturated heterocycles. The number of ether oxygens (including phenoxy) is 1. The third-order valence-corrected chi connectivity index (χ3v) is 7.00. The fraction of sp³-hybridized carbons (Fsp3) is 0.240. The Kier molecular flexibility index (Phi) is 6.21. The number of fused-ring (bicyclic) bond motifs is 1. The van der Waals surface area contributed by atoms with Crippen LogP contribution in [0, 0.1) is 6.92 Å². The fourth-order valence-corrected chi connectivity index (χ4v) is 5.02. The lowest BCUT2D eigenvalue weighted by Crippen LogP contribution is -2.06. The van der Waals surface area contributed by atoms with Crippen LogP contribution in [-0.4, -0.2) is 22.7 Å². The van der Waals surface area contributed by atoms with Crippen LogP contribution in [0.5, 0.6) is 5.75 Å². The lowest BCUT2D eigenvalue weighted by molar-refractivity contribution is -0.138. The van der Waals surface area contributed by atoms with Crippen molar-refractivity contribution in [2.24, 2.45) is 0 Å². The van der Waals surface area contributed by atoms with Crippen molar-refractivity contribution in [1.82, 2.24) is 4.98 Å². The van der Waals surface area contributed by atoms with Gasteiger partial charge in [-0.1, -0.05) is 19.1 Å². The smallest absolute Gasteiger partial charge is 0.416 e. The van der Waals surface area contributed by atoms with Gasteiger partial charge in [-0.05, 0) is 60.0 Å². The molecule has 2 N–H and O–H groups in total. The first-order valence-electron chi connectivity index (χ1n) is 10.3. The minimum absolute atomic E-state index is 0.0682. The van der Waals surface area contributed by atoms with Gasteiger partial charge in [-0.15, -0.1) is 11.3 Å². The Labute approximate surface area is 192 Å². The standard InChI is InChI=1S/C25H22F3NO3S/c1-14-9-22(16-3-5-18(6-4-16)25(26,27)28)33-24(14)15(2)13-32-19-7-8-21-20(11-19)17(12-29-21)10-23(30)31/h3-9,11-12,15,29H,10,13H2,1-2H3,(H,30,31). The predicted octanol–water partition coefficient (Wildman–Crippen LogP) is 7.03. The van der Waals surface area contributed by atoms with Gasteiger partial charge in [0.2, 0.25) is 0 Å². The molecule has 0 spiro atoms. The molecule has 2 aromatic carbocycles. The summed E-state index contributed by atoms with van der Waals surface area (Å²) in [5.41, 5.74) is 2.70. The molecule has 172 valence electrons. The third kappa shape index (κ3) is 5.06. The number of halogens is 3. The maximum Gasteiger partial charge on any atom is 0.416 e. The van der Waals surface area contributed by atoms with E-state index in [4.69, 9.17) is 9.84 Å². The van der Waals surface area contributed by atoms with Gasteiger partial charge in [0, 0.05) is 32.8 Å². The number of H-pyrrole nitrogens is 1. The molecule has 0 radical (unpaired) electrons. The highest BCUT2D eigenvalue weighted by molar-refractivity contribution is 7.15. The van der Waals surface area contributed by atoms with Gasteiger partial charge in [0.05, 0.1) is 18.6 Å². The molecule has 1 unspecified atom stereocenters. The topological polar surface area (TPSA) is 62.3 Å². The van der Waals surface area contributed by atoms with E-state index in [9.17, 15) is 18.0 Å². The third-order valence-electron chi connectivity index (χ3n) is 5.48. The molecule has 0 amide bonds. The normalized spacial score (nSPS) is 12.8. The number of hydrogen-bond donors (Lipinski definition) is 2. The van der Waals surface area contributed by atoms with E-state index in [0.717, 1.165) is 43.9 Å². The molecule has 0 saturated carbocycles. The van der Waals surface area contributed by atoms with Gasteiger partial charge in [-0.2, -0.15) is 13.2 Å². The molecule has 33 heavy (non-hydrogen) atoms. The van der Waals surface area contributed by atoms with Crippen molar-refractivity contribution < 1.29 is 27.8 Å². The van der Waals surface area contributed by atoms with Gasteiger partial charge in [-0.25, -0.2) is 0 Å². The first kappa shape index (κ1) is 22.9. The van der Waals surface area contributed by atoms with Crippen LogP contribution in [0.1, 0.15) is 34.4 Å². The number of aryl methyl sites for hydroxylation is 1. The summed E-state index contributed by atoms with van der Waals surface area (Å²) >= 11 is 1.55. The van der Waals surface area contributed by atoms with Crippen LogP contribution in [0.4, 0.5) is 13.2 Å². The highest BCUT2D eigenvalue weighted by Crippen LogP contribution is 2.37. The fourth-order valence-electron chi connectivity index (χ4n) is 3.80. The van der Waals surface area contributed by atoms with Crippen LogP contribution >= 0.6 is 11.3 Å². The summed E-state index contributed by atoms with van der Waals surface area (Å²) in [6, 6.07) is 12.7. The zero-order valence-electron chi connectivity index (χ0n) is 18.0. The molecule has 2 heterocycles. The van der Waals surface area contributed by atoms with Crippen LogP contribution in [0.3, 0.4) is 0 Å². The van der Waals surface area contributed by atoms with Crippen molar-refractivity contribution in [1.29, 1.82) is 0 Å². The molecular formula is C25H22F3NO3S. The molecule has 4 rings (SSSR count). The monoisotopic (exact) mass is 473 g/mol. The number of carboxylic acid groups (broad SMARTS) is 1. The molecule has 2 aromatic heterocycles. The van der Waals surface area contributed by atoms with Crippen molar-refractivity contribution in [3.05, 3.63) is 76.3 Å². The molecule has 4 aromatic rings. The summed E-state index contributed by atoms with van der Waals surface area (Å²) in [6.45, 7) is 4.44. The number of aromatic amines is 1. The maximum absolute atomic E-state index is 12.8. The van der Waals surface area contributed by atoms with E-state index in [-0.39, 0.29) is 12.3 Å². The van der Waals surface area contributed by atoms with Gasteiger partial charge in [0.15, 0.2) is 0 Å². The van der Waals surface area contributed by atoms with Gasteiger partial charge in [0.1, 0.15) is 5.75 Å². The number of aromatic nitrogens is 1. The van der Waals surface area contributed by atoms with Crippen LogP contribution in [-0.2, 0) is 17.4 Å². The number of nitrogens with one attached hydrogen (secondary N) is 1. The average molecular weight is 474 g/mol. The van der Waals surface area contributed by atoms with Gasteiger partial charge in [-0.3, -0.25) is 4.79 Å². The van der Waals surface area contributed by atoms with Crippen molar-refractivity contribution in [2.75, 3.05) is 6.61 Å². The van der Waals surface area contributed by atoms with E-state index in [0.29, 0.717) is 17.9 Å². The number of rotatable bonds is 7. The molecule has 0 aliphatic heterocycles. The lowest BCUT2D eigenvalue weighted by atomic mass is 10.1. The Morgan fingerprint density at radius 3 is 2.55 bits per heavy atom. The second-order valence-corrected chi connectivity index (χ2v) is 9.12. The summed E-state index contributed by atoms with van der Waals surface area (Å²) in [5.74, 6) is -0.177. The quantitative estimate of drug-likeness (QED) is 0.303. The second kappa shape index (κ2) is 8.94. The van der Waals surface area contributed by atoms with Crippen molar-refractivity contribution in [3.8, 4) is 16.2 Å². The Hall–Kier alpha value is -3.26. The Bertz CT molecular complexity index is 1290. The van der Waals surface area contributed by atoms with E-state index in [2.05, 4.69) is 4.98 Å². The van der Waals surface area contributed by atoms with Crippen molar-refractivity contribution in [3.63, 3.8) is 0 Å². The highest BCUT2D eigenvalue weighted by Gasteiger charge is 2.30. The van der Waals surface area contributed by atoms with Crippen molar-refractivity contribution >= 4 is 28.2 Å². The average Bonchev–Trinajstić information content (AvgIpc) is 3.34. The first-order valence-corrected chi connectivity index (χ1v) is 11.2. The predicted molar refractivity (Wildman–Crippen MR) is 123 cm³/mol. The Morgan fingerprint density at radius 1 is 1.15 bits per heavy atom. The molecule has 0 bridgehead atoms. The van der Waals surface area contributed by atoms with Crippen LogP contribution < -0.4 is 4.74 Å². The number of carbonyl (C=O) groups is 1. The molecule has 1 atom stereocenters. The largest absolute Gasteiger partial charge is 0.493 e. The van der Waals surface area contributed by atoms with E-state index >= 15 is 0 Å². The second-order valence-electron chi connectivity index (χ2n) is 8.04. The molecule has 0 aliphatic carbocycles. The number of thiophene rings is 1. The van der Waals surface area contributed by atoms with Crippen LogP contribution in [0.15, 0.2) is 54.7 Å². The minimum Gasteiger partial charge on any atom is -0.493 e. The molecule has 0 fully saturated rings. The summed E-state index contributed by atoms with van der Waals surface area (Å²) in [7, 11) is 0. The maximum atomic E-state index is 12.8. The minimum atomic E-state index is -4.35. The number of benzene rings is 2. The van der Waals surface area contributed by atoms with E-state index in [1.807, 2.05) is 38.1 Å². The van der Waals surface area contributed by atoms with E-state index in [1.165, 1.54) is 12.1 Å². The summed E-state index contributed by atoms with van der Waals surface area (Å²) in [4.78, 5) is 16.2. The SMILES string of the molecule is Cc1cc(-c2ccc(C(F)(F)F)cc2)sc1C(C)COc1ccc2[nH]cc(CC(=O)O)c2c1. The molecular weight excluding hydrogens is 451 g/mol. The Balaban J connectivity index is 1.47. The zero-order valence-corrected chi connectivity index (χ0v) is 18.8. The van der Waals surface area contributed by atoms with E-state index < -0.39 is 17.7 Å². The van der Waals surface area contributed by atoms with E-state index in [1.54, 1.807) is 17.5 Å².